The molecule has 0 saturated carbocycles. The maximum atomic E-state index is 12.8. The summed E-state index contributed by atoms with van der Waals surface area (Å²) in [7, 11) is 1.61. The molecule has 1 N–H and O–H groups in total. The van der Waals surface area contributed by atoms with E-state index in [1.54, 1.807) is 7.11 Å². The van der Waals surface area contributed by atoms with E-state index in [1.165, 1.54) is 0 Å². The maximum Gasteiger partial charge on any atom is 0.256 e. The average molecular weight is 359 g/mol. The summed E-state index contributed by atoms with van der Waals surface area (Å²) >= 11 is 0. The third-order valence-corrected chi connectivity index (χ3v) is 4.09. The van der Waals surface area contributed by atoms with Gasteiger partial charge >= 0.3 is 0 Å². The van der Waals surface area contributed by atoms with Crippen LogP contribution in [0.25, 0.3) is 10.8 Å². The van der Waals surface area contributed by atoms with Crippen molar-refractivity contribution in [2.45, 2.75) is 6.92 Å². The van der Waals surface area contributed by atoms with Crippen molar-refractivity contribution in [2.75, 3.05) is 20.3 Å². The molecule has 136 valence electrons. The Morgan fingerprint density at radius 3 is 2.59 bits per heavy atom. The number of benzene rings is 3. The molecule has 0 atom stereocenters. The highest BCUT2D eigenvalue weighted by molar-refractivity contribution is 6.09. The first kappa shape index (κ1) is 18.3. The first-order chi connectivity index (χ1) is 13.2. The molecule has 0 spiro atoms. The van der Waals surface area contributed by atoms with Gasteiger partial charge in [-0.05, 0) is 35.9 Å². The fourth-order valence-corrected chi connectivity index (χ4v) is 2.86. The fraction of sp³-hybridized carbons (Fsp3) is 0.174. The quantitative estimate of drug-likeness (QED) is 0.700. The van der Waals surface area contributed by atoms with Gasteiger partial charge in [-0.2, -0.15) is 0 Å². The van der Waals surface area contributed by atoms with Crippen LogP contribution in [0.3, 0.4) is 0 Å². The molecule has 0 unspecified atom stereocenters. The number of fused-ring (bicyclic) bond motifs is 1. The number of carbonyl (C=O) groups is 1. The summed E-state index contributed by atoms with van der Waals surface area (Å²) in [4.78, 5) is 12.8. The summed E-state index contributed by atoms with van der Waals surface area (Å²) in [6.07, 6.45) is 0. The number of methoxy groups -OCH3 is 1. The van der Waals surface area contributed by atoms with Crippen LogP contribution in [0, 0.1) is 11.8 Å². The van der Waals surface area contributed by atoms with Gasteiger partial charge in [-0.15, -0.1) is 0 Å². The standard InChI is InChI=1S/C23H21NO3/c1-3-27-21-15-14-17-9-4-6-12-19(17)22(21)23(25)24-16-8-11-18-10-5-7-13-20(18)26-2/h4-7,9-10,12-15H,3,16H2,1-2H3,(H,24,25). The molecule has 27 heavy (non-hydrogen) atoms. The Labute approximate surface area is 159 Å². The van der Waals surface area contributed by atoms with Gasteiger partial charge in [0.25, 0.3) is 5.91 Å². The summed E-state index contributed by atoms with van der Waals surface area (Å²) in [5, 5.41) is 4.72. The first-order valence-electron chi connectivity index (χ1n) is 8.79. The van der Waals surface area contributed by atoms with Crippen LogP contribution in [0.4, 0.5) is 0 Å². The highest BCUT2D eigenvalue weighted by atomic mass is 16.5. The van der Waals surface area contributed by atoms with E-state index in [1.807, 2.05) is 67.6 Å². The topological polar surface area (TPSA) is 47.6 Å². The Morgan fingerprint density at radius 2 is 1.78 bits per heavy atom. The second kappa shape index (κ2) is 8.77. The third-order valence-electron chi connectivity index (χ3n) is 4.09. The lowest BCUT2D eigenvalue weighted by Gasteiger charge is -2.12. The van der Waals surface area contributed by atoms with E-state index >= 15 is 0 Å². The molecular weight excluding hydrogens is 338 g/mol. The number of amides is 1. The van der Waals surface area contributed by atoms with E-state index < -0.39 is 0 Å². The van der Waals surface area contributed by atoms with Gasteiger partial charge in [-0.3, -0.25) is 4.79 Å². The normalized spacial score (nSPS) is 10.0. The fourth-order valence-electron chi connectivity index (χ4n) is 2.86. The van der Waals surface area contributed by atoms with Crippen LogP contribution >= 0.6 is 0 Å². The lowest BCUT2D eigenvalue weighted by Crippen LogP contribution is -2.24. The molecule has 4 nitrogen and oxygen atoms in total. The second-order valence-corrected chi connectivity index (χ2v) is 5.78. The molecular formula is C23H21NO3. The van der Waals surface area contributed by atoms with Crippen molar-refractivity contribution in [3.8, 4) is 23.3 Å². The molecule has 0 saturated heterocycles. The molecule has 3 aromatic carbocycles. The van der Waals surface area contributed by atoms with E-state index in [0.717, 1.165) is 16.3 Å². The molecule has 0 aromatic heterocycles. The monoisotopic (exact) mass is 359 g/mol. The minimum atomic E-state index is -0.204. The van der Waals surface area contributed by atoms with E-state index in [2.05, 4.69) is 17.2 Å². The van der Waals surface area contributed by atoms with Crippen molar-refractivity contribution in [1.29, 1.82) is 0 Å². The summed E-state index contributed by atoms with van der Waals surface area (Å²) in [6, 6.07) is 19.1. The van der Waals surface area contributed by atoms with Gasteiger partial charge < -0.3 is 14.8 Å². The number of ether oxygens (including phenoxy) is 2. The van der Waals surface area contributed by atoms with E-state index in [0.29, 0.717) is 23.7 Å². The van der Waals surface area contributed by atoms with Gasteiger partial charge in [0.1, 0.15) is 11.5 Å². The zero-order valence-electron chi connectivity index (χ0n) is 15.4. The van der Waals surface area contributed by atoms with Crippen molar-refractivity contribution in [2.24, 2.45) is 0 Å². The Morgan fingerprint density at radius 1 is 1.00 bits per heavy atom. The van der Waals surface area contributed by atoms with Crippen LogP contribution in [-0.2, 0) is 0 Å². The predicted octanol–water partition coefficient (Wildman–Crippen LogP) is 4.03. The van der Waals surface area contributed by atoms with Crippen molar-refractivity contribution >= 4 is 16.7 Å². The van der Waals surface area contributed by atoms with Gasteiger partial charge in [0.15, 0.2) is 0 Å². The summed E-state index contributed by atoms with van der Waals surface area (Å²) in [5.41, 5.74) is 1.32. The Balaban J connectivity index is 1.81. The lowest BCUT2D eigenvalue weighted by atomic mass is 10.0. The molecule has 0 radical (unpaired) electrons. The number of rotatable bonds is 5. The van der Waals surface area contributed by atoms with Crippen LogP contribution in [-0.4, -0.2) is 26.2 Å². The molecule has 4 heteroatoms. The molecule has 3 aromatic rings. The molecule has 0 heterocycles. The van der Waals surface area contributed by atoms with E-state index in [9.17, 15) is 4.79 Å². The summed E-state index contributed by atoms with van der Waals surface area (Å²) in [6.45, 7) is 2.62. The molecule has 0 aliphatic rings. The van der Waals surface area contributed by atoms with E-state index in [4.69, 9.17) is 9.47 Å². The Bertz CT molecular complexity index is 1010. The van der Waals surface area contributed by atoms with Crippen LogP contribution in [0.15, 0.2) is 60.7 Å². The lowest BCUT2D eigenvalue weighted by molar-refractivity contribution is 0.0956. The zero-order valence-corrected chi connectivity index (χ0v) is 15.4. The Kier molecular flexibility index (Phi) is 5.96. The zero-order chi connectivity index (χ0) is 19.1. The van der Waals surface area contributed by atoms with Crippen LogP contribution in [0.2, 0.25) is 0 Å². The molecule has 0 aliphatic heterocycles. The van der Waals surface area contributed by atoms with Crippen molar-refractivity contribution in [1.82, 2.24) is 5.32 Å². The minimum absolute atomic E-state index is 0.204. The molecule has 3 rings (SSSR count). The first-order valence-corrected chi connectivity index (χ1v) is 8.79. The highest BCUT2D eigenvalue weighted by Crippen LogP contribution is 2.28. The van der Waals surface area contributed by atoms with E-state index in [-0.39, 0.29) is 12.5 Å². The molecule has 0 bridgehead atoms. The van der Waals surface area contributed by atoms with Gasteiger partial charge in [0, 0.05) is 0 Å². The number of nitrogens with one attached hydrogen (secondary N) is 1. The highest BCUT2D eigenvalue weighted by Gasteiger charge is 2.15. The second-order valence-electron chi connectivity index (χ2n) is 5.78. The van der Waals surface area contributed by atoms with Crippen molar-refractivity contribution in [3.05, 3.63) is 71.8 Å². The Hall–Kier alpha value is -3.45. The minimum Gasteiger partial charge on any atom is -0.495 e. The van der Waals surface area contributed by atoms with Crippen LogP contribution in [0.1, 0.15) is 22.8 Å². The number of carbonyl (C=O) groups excluding carboxylic acids is 1. The largest absolute Gasteiger partial charge is 0.495 e. The van der Waals surface area contributed by atoms with Gasteiger partial charge in [-0.1, -0.05) is 54.3 Å². The van der Waals surface area contributed by atoms with Crippen LogP contribution < -0.4 is 14.8 Å². The van der Waals surface area contributed by atoms with Crippen LogP contribution in [0.5, 0.6) is 11.5 Å². The predicted molar refractivity (Wildman–Crippen MR) is 107 cm³/mol. The van der Waals surface area contributed by atoms with Gasteiger partial charge in [0.2, 0.25) is 0 Å². The summed E-state index contributed by atoms with van der Waals surface area (Å²) < 4.78 is 10.9. The molecule has 0 fully saturated rings. The molecule has 0 aliphatic carbocycles. The van der Waals surface area contributed by atoms with Crippen molar-refractivity contribution < 1.29 is 14.3 Å². The van der Waals surface area contributed by atoms with Gasteiger partial charge in [0.05, 0.1) is 31.4 Å². The number of para-hydroxylation sites is 1. The van der Waals surface area contributed by atoms with Crippen molar-refractivity contribution in [3.63, 3.8) is 0 Å². The summed E-state index contributed by atoms with van der Waals surface area (Å²) in [5.74, 6) is 7.08. The maximum absolute atomic E-state index is 12.8. The number of hydrogen-bond acceptors (Lipinski definition) is 3. The van der Waals surface area contributed by atoms with Gasteiger partial charge in [-0.25, -0.2) is 0 Å². The molecule has 1 amide bonds. The number of hydrogen-bond donors (Lipinski definition) is 1. The smallest absolute Gasteiger partial charge is 0.256 e. The third kappa shape index (κ3) is 4.21. The SMILES string of the molecule is CCOc1ccc2ccccc2c1C(=O)NCC#Cc1ccccc1OC. The average Bonchev–Trinajstić information content (AvgIpc) is 2.71.